The highest BCUT2D eigenvalue weighted by Gasteiger charge is 2.32. The van der Waals surface area contributed by atoms with Gasteiger partial charge in [-0.1, -0.05) is 13.8 Å². The van der Waals surface area contributed by atoms with Crippen molar-refractivity contribution >= 4 is 21.9 Å². The molecular weight excluding hydrogens is 348 g/mol. The number of furan rings is 1. The Labute approximate surface area is 147 Å². The first-order chi connectivity index (χ1) is 11.6. The molecule has 2 N–H and O–H groups in total. The van der Waals surface area contributed by atoms with Crippen molar-refractivity contribution in [2.24, 2.45) is 5.92 Å². The third-order valence-corrected chi connectivity index (χ3v) is 6.10. The van der Waals surface area contributed by atoms with Gasteiger partial charge in [0, 0.05) is 19.2 Å². The summed E-state index contributed by atoms with van der Waals surface area (Å²) in [6.07, 6.45) is 1.87. The Hall–Kier alpha value is -1.87. The predicted molar refractivity (Wildman–Crippen MR) is 89.8 cm³/mol. The second-order valence-corrected chi connectivity index (χ2v) is 8.54. The molecule has 0 bridgehead atoms. The zero-order chi connectivity index (χ0) is 18.8. The maximum atomic E-state index is 12.6. The molecule has 0 unspecified atom stereocenters. The fourth-order valence-electron chi connectivity index (χ4n) is 2.82. The Morgan fingerprint density at radius 2 is 1.92 bits per heavy atom. The third kappa shape index (κ3) is 4.40. The Morgan fingerprint density at radius 3 is 2.44 bits per heavy atom. The van der Waals surface area contributed by atoms with Gasteiger partial charge in [-0.15, -0.1) is 0 Å². The molecule has 1 amide bonds. The molecule has 1 fully saturated rings. The lowest BCUT2D eigenvalue weighted by atomic mass is 10.0. The summed E-state index contributed by atoms with van der Waals surface area (Å²) in [7, 11) is -3.70. The molecule has 8 nitrogen and oxygen atoms in total. The van der Waals surface area contributed by atoms with Crippen molar-refractivity contribution in [2.45, 2.75) is 51.0 Å². The molecule has 1 aromatic rings. The molecule has 0 saturated carbocycles. The van der Waals surface area contributed by atoms with E-state index in [1.54, 1.807) is 0 Å². The van der Waals surface area contributed by atoms with Gasteiger partial charge in [-0.2, -0.15) is 4.31 Å². The van der Waals surface area contributed by atoms with E-state index in [0.717, 1.165) is 12.8 Å². The standard InChI is InChI=1S/C16H24N2O6S/c1-10(2)8-12(16(20)21)17-15(19)13-9-14(11(3)24-13)25(22,23)18-6-4-5-7-18/h9-10,12H,4-8H2,1-3H3,(H,17,19)(H,20,21)/t12-/m1/s1. The second kappa shape index (κ2) is 7.57. The van der Waals surface area contributed by atoms with Gasteiger partial charge in [0.05, 0.1) is 0 Å². The molecular formula is C16H24N2O6S. The number of aryl methyl sites for hydroxylation is 1. The van der Waals surface area contributed by atoms with Crippen molar-refractivity contribution < 1.29 is 27.5 Å². The minimum atomic E-state index is -3.70. The quantitative estimate of drug-likeness (QED) is 0.751. The van der Waals surface area contributed by atoms with Crippen molar-refractivity contribution in [1.82, 2.24) is 9.62 Å². The van der Waals surface area contributed by atoms with Crippen molar-refractivity contribution in [1.29, 1.82) is 0 Å². The summed E-state index contributed by atoms with van der Waals surface area (Å²) in [5.41, 5.74) is 0. The number of carbonyl (C=O) groups excluding carboxylic acids is 1. The normalized spacial score (nSPS) is 17.0. The SMILES string of the molecule is Cc1oc(C(=O)N[C@H](CC(C)C)C(=O)O)cc1S(=O)(=O)N1CCCC1. The molecule has 1 atom stereocenters. The Balaban J connectivity index is 2.21. The van der Waals surface area contributed by atoms with Crippen LogP contribution in [0.25, 0.3) is 0 Å². The number of hydrogen-bond donors (Lipinski definition) is 2. The van der Waals surface area contributed by atoms with Crippen molar-refractivity contribution in [3.63, 3.8) is 0 Å². The molecule has 0 aromatic carbocycles. The van der Waals surface area contributed by atoms with Crippen LogP contribution in [0.4, 0.5) is 0 Å². The molecule has 0 spiro atoms. The molecule has 25 heavy (non-hydrogen) atoms. The molecule has 0 radical (unpaired) electrons. The van der Waals surface area contributed by atoms with Crippen LogP contribution in [0.15, 0.2) is 15.4 Å². The maximum Gasteiger partial charge on any atom is 0.326 e. The second-order valence-electron chi connectivity index (χ2n) is 6.64. The zero-order valence-corrected chi connectivity index (χ0v) is 15.4. The van der Waals surface area contributed by atoms with Gasteiger partial charge in [-0.25, -0.2) is 13.2 Å². The van der Waals surface area contributed by atoms with Gasteiger partial charge in [0.1, 0.15) is 16.7 Å². The molecule has 2 rings (SSSR count). The molecule has 1 saturated heterocycles. The number of nitrogens with one attached hydrogen (secondary N) is 1. The number of sulfonamides is 1. The summed E-state index contributed by atoms with van der Waals surface area (Å²) in [4.78, 5) is 23.5. The summed E-state index contributed by atoms with van der Waals surface area (Å²) < 4.78 is 31.9. The fraction of sp³-hybridized carbons (Fsp3) is 0.625. The van der Waals surface area contributed by atoms with Crippen LogP contribution in [-0.2, 0) is 14.8 Å². The average molecular weight is 372 g/mol. The lowest BCUT2D eigenvalue weighted by molar-refractivity contribution is -0.139. The molecule has 1 aliphatic heterocycles. The van der Waals surface area contributed by atoms with E-state index in [9.17, 15) is 23.1 Å². The summed E-state index contributed by atoms with van der Waals surface area (Å²) in [5.74, 6) is -1.89. The van der Waals surface area contributed by atoms with Gasteiger partial charge in [0.15, 0.2) is 5.76 Å². The number of aliphatic carboxylic acids is 1. The largest absolute Gasteiger partial charge is 0.480 e. The minimum absolute atomic E-state index is 0.0460. The van der Waals surface area contributed by atoms with Crippen LogP contribution in [0, 0.1) is 12.8 Å². The first kappa shape index (κ1) is 19.5. The van der Waals surface area contributed by atoms with Gasteiger partial charge < -0.3 is 14.8 Å². The van der Waals surface area contributed by atoms with Gasteiger partial charge in [-0.05, 0) is 32.1 Å². The number of hydrogen-bond acceptors (Lipinski definition) is 5. The molecule has 1 aliphatic rings. The Morgan fingerprint density at radius 1 is 1.32 bits per heavy atom. The molecule has 1 aromatic heterocycles. The van der Waals surface area contributed by atoms with E-state index in [1.807, 2.05) is 13.8 Å². The Bertz CT molecular complexity index is 747. The molecule has 140 valence electrons. The van der Waals surface area contributed by atoms with E-state index >= 15 is 0 Å². The fourth-order valence-corrected chi connectivity index (χ4v) is 4.50. The van der Waals surface area contributed by atoms with E-state index in [0.29, 0.717) is 13.1 Å². The highest BCUT2D eigenvalue weighted by molar-refractivity contribution is 7.89. The van der Waals surface area contributed by atoms with Crippen LogP contribution in [0.5, 0.6) is 0 Å². The zero-order valence-electron chi connectivity index (χ0n) is 14.6. The van der Waals surface area contributed by atoms with Crippen LogP contribution in [0.3, 0.4) is 0 Å². The third-order valence-electron chi connectivity index (χ3n) is 4.09. The van der Waals surface area contributed by atoms with Crippen LogP contribution >= 0.6 is 0 Å². The number of carboxylic acids is 1. The molecule has 2 heterocycles. The lowest BCUT2D eigenvalue weighted by Crippen LogP contribution is -2.41. The first-order valence-corrected chi connectivity index (χ1v) is 9.71. The summed E-state index contributed by atoms with van der Waals surface area (Å²) in [6.45, 7) is 6.07. The van der Waals surface area contributed by atoms with Gasteiger partial charge >= 0.3 is 5.97 Å². The van der Waals surface area contributed by atoms with Crippen LogP contribution < -0.4 is 5.32 Å². The van der Waals surface area contributed by atoms with Crippen molar-refractivity contribution in [3.05, 3.63) is 17.6 Å². The lowest BCUT2D eigenvalue weighted by Gasteiger charge is -2.15. The highest BCUT2D eigenvalue weighted by atomic mass is 32.2. The summed E-state index contributed by atoms with van der Waals surface area (Å²) in [6, 6.07) is 0.114. The van der Waals surface area contributed by atoms with Crippen LogP contribution in [-0.4, -0.2) is 48.8 Å². The maximum absolute atomic E-state index is 12.6. The minimum Gasteiger partial charge on any atom is -0.480 e. The molecule has 0 aliphatic carbocycles. The Kier molecular flexibility index (Phi) is 5.89. The smallest absolute Gasteiger partial charge is 0.326 e. The first-order valence-electron chi connectivity index (χ1n) is 8.27. The van der Waals surface area contributed by atoms with Gasteiger partial charge in [0.25, 0.3) is 5.91 Å². The van der Waals surface area contributed by atoms with Crippen molar-refractivity contribution in [3.8, 4) is 0 Å². The van der Waals surface area contributed by atoms with Crippen LogP contribution in [0.1, 0.15) is 49.4 Å². The summed E-state index contributed by atoms with van der Waals surface area (Å²) in [5, 5.41) is 11.6. The average Bonchev–Trinajstić information content (AvgIpc) is 3.15. The molecule has 9 heteroatoms. The van der Waals surface area contributed by atoms with E-state index in [4.69, 9.17) is 4.42 Å². The van der Waals surface area contributed by atoms with Gasteiger partial charge in [0.2, 0.25) is 10.0 Å². The number of nitrogens with zero attached hydrogens (tertiary/aromatic N) is 1. The van der Waals surface area contributed by atoms with E-state index < -0.39 is 27.9 Å². The number of rotatable bonds is 7. The highest BCUT2D eigenvalue weighted by Crippen LogP contribution is 2.26. The number of carboxylic acid groups (broad SMARTS) is 1. The van der Waals surface area contributed by atoms with E-state index in [2.05, 4.69) is 5.32 Å². The van der Waals surface area contributed by atoms with Crippen molar-refractivity contribution in [2.75, 3.05) is 13.1 Å². The van der Waals surface area contributed by atoms with Gasteiger partial charge in [-0.3, -0.25) is 4.79 Å². The van der Waals surface area contributed by atoms with E-state index in [1.165, 1.54) is 17.3 Å². The topological polar surface area (TPSA) is 117 Å². The van der Waals surface area contributed by atoms with Crippen LogP contribution in [0.2, 0.25) is 0 Å². The number of amides is 1. The summed E-state index contributed by atoms with van der Waals surface area (Å²) >= 11 is 0. The monoisotopic (exact) mass is 372 g/mol. The number of carbonyl (C=O) groups is 2. The predicted octanol–water partition coefficient (Wildman–Crippen LogP) is 1.60. The van der Waals surface area contributed by atoms with E-state index in [-0.39, 0.29) is 28.8 Å².